The molecule has 0 radical (unpaired) electrons. The van der Waals surface area contributed by atoms with Crippen molar-refractivity contribution in [3.63, 3.8) is 0 Å². The second kappa shape index (κ2) is 74.1. The van der Waals surface area contributed by atoms with E-state index in [9.17, 15) is 19.0 Å². The first-order valence-electron chi connectivity index (χ1n) is 39.5. The van der Waals surface area contributed by atoms with Gasteiger partial charge in [-0.2, -0.15) is 0 Å². The molecule has 0 rings (SSSR count). The number of ether oxygens (including phenoxy) is 2. The van der Waals surface area contributed by atoms with Crippen LogP contribution in [0.15, 0.2) is 0 Å². The Balaban J connectivity index is 3.70. The number of hydrogen-bond acceptors (Lipinski definition) is 8. The summed E-state index contributed by atoms with van der Waals surface area (Å²) in [6.07, 6.45) is 89.7. The van der Waals surface area contributed by atoms with Crippen LogP contribution in [0.2, 0.25) is 0 Å². The first-order valence-corrected chi connectivity index (χ1v) is 41.0. The Morgan fingerprint density at radius 3 is 0.701 bits per heavy atom. The molecular weight excluding hydrogens is 1100 g/mol. The van der Waals surface area contributed by atoms with Gasteiger partial charge >= 0.3 is 19.8 Å². The van der Waals surface area contributed by atoms with Crippen LogP contribution in [-0.4, -0.2) is 49.3 Å². The number of rotatable bonds is 77. The Bertz CT molecular complexity index is 1380. The van der Waals surface area contributed by atoms with Crippen molar-refractivity contribution in [2.24, 2.45) is 5.73 Å². The highest BCUT2D eigenvalue weighted by atomic mass is 31.2. The van der Waals surface area contributed by atoms with Crippen LogP contribution >= 0.6 is 7.82 Å². The molecule has 0 aliphatic carbocycles. The van der Waals surface area contributed by atoms with E-state index in [0.717, 1.165) is 32.1 Å². The highest BCUT2D eigenvalue weighted by Gasteiger charge is 2.26. The lowest BCUT2D eigenvalue weighted by Gasteiger charge is -2.19. The van der Waals surface area contributed by atoms with Gasteiger partial charge in [0.25, 0.3) is 0 Å². The van der Waals surface area contributed by atoms with Crippen molar-refractivity contribution in [3.05, 3.63) is 0 Å². The minimum Gasteiger partial charge on any atom is -0.462 e. The molecule has 0 aliphatic heterocycles. The van der Waals surface area contributed by atoms with Crippen LogP contribution in [-0.2, 0) is 32.7 Å². The largest absolute Gasteiger partial charge is 0.472 e. The number of carbonyl (C=O) groups excluding carboxylic acids is 2. The van der Waals surface area contributed by atoms with Crippen molar-refractivity contribution in [1.29, 1.82) is 0 Å². The lowest BCUT2D eigenvalue weighted by molar-refractivity contribution is -0.161. The summed E-state index contributed by atoms with van der Waals surface area (Å²) in [5.41, 5.74) is 5.41. The number of nitrogens with two attached hydrogens (primary N) is 1. The monoisotopic (exact) mass is 1250 g/mol. The molecule has 0 saturated heterocycles. The molecule has 9 nitrogen and oxygen atoms in total. The summed E-state index contributed by atoms with van der Waals surface area (Å²) >= 11 is 0. The van der Waals surface area contributed by atoms with Gasteiger partial charge in [0.15, 0.2) is 6.10 Å². The van der Waals surface area contributed by atoms with Gasteiger partial charge in [-0.25, -0.2) is 4.57 Å². The van der Waals surface area contributed by atoms with Gasteiger partial charge < -0.3 is 20.1 Å². The number of unbranched alkanes of at least 4 members (excludes halogenated alkanes) is 64. The van der Waals surface area contributed by atoms with Gasteiger partial charge in [0, 0.05) is 19.4 Å². The lowest BCUT2D eigenvalue weighted by atomic mass is 10.0. The molecule has 0 spiro atoms. The predicted octanol–water partition coefficient (Wildman–Crippen LogP) is 26.1. The van der Waals surface area contributed by atoms with Crippen molar-refractivity contribution in [2.75, 3.05) is 26.4 Å². The third-order valence-corrected chi connectivity index (χ3v) is 19.5. The van der Waals surface area contributed by atoms with Crippen LogP contribution in [0.4, 0.5) is 0 Å². The Kier molecular flexibility index (Phi) is 73.2. The zero-order chi connectivity index (χ0) is 63.0. The van der Waals surface area contributed by atoms with E-state index in [1.807, 2.05) is 0 Å². The molecule has 2 unspecified atom stereocenters. The van der Waals surface area contributed by atoms with E-state index >= 15 is 0 Å². The number of phosphoric ester groups is 1. The molecule has 520 valence electrons. The van der Waals surface area contributed by atoms with Gasteiger partial charge in [-0.1, -0.05) is 425 Å². The smallest absolute Gasteiger partial charge is 0.462 e. The molecule has 0 bridgehead atoms. The van der Waals surface area contributed by atoms with Gasteiger partial charge in [0.1, 0.15) is 6.61 Å². The molecule has 10 heteroatoms. The summed E-state index contributed by atoms with van der Waals surface area (Å²) < 4.78 is 33.3. The molecular formula is C77H154NO8P. The summed E-state index contributed by atoms with van der Waals surface area (Å²) in [7, 11) is -4.39. The Labute approximate surface area is 543 Å². The third kappa shape index (κ3) is 73.9. The quantitative estimate of drug-likeness (QED) is 0.0347. The molecule has 0 fully saturated rings. The van der Waals surface area contributed by atoms with Crippen molar-refractivity contribution < 1.29 is 37.6 Å². The van der Waals surface area contributed by atoms with E-state index in [-0.39, 0.29) is 32.1 Å². The maximum absolute atomic E-state index is 12.8. The van der Waals surface area contributed by atoms with E-state index in [4.69, 9.17) is 24.3 Å². The molecule has 87 heavy (non-hydrogen) atoms. The first kappa shape index (κ1) is 86.0. The van der Waals surface area contributed by atoms with Crippen LogP contribution in [0.1, 0.15) is 450 Å². The fourth-order valence-corrected chi connectivity index (χ4v) is 13.4. The molecule has 0 aliphatic rings. The molecule has 0 aromatic carbocycles. The first-order chi connectivity index (χ1) is 42.8. The highest BCUT2D eigenvalue weighted by molar-refractivity contribution is 7.47. The minimum atomic E-state index is -4.39. The van der Waals surface area contributed by atoms with Gasteiger partial charge in [0.05, 0.1) is 13.2 Å². The predicted molar refractivity (Wildman–Crippen MR) is 377 cm³/mol. The van der Waals surface area contributed by atoms with Crippen molar-refractivity contribution in [3.8, 4) is 0 Å². The van der Waals surface area contributed by atoms with Crippen LogP contribution < -0.4 is 5.73 Å². The standard InChI is InChI=1S/C77H154NO8P/c1-3-5-7-9-11-13-15-17-19-21-23-25-27-29-30-31-32-33-34-35-36-37-38-39-40-41-42-43-44-46-48-50-52-54-56-58-60-62-64-66-68-70-77(80)86-75(74-85-87(81,82)84-72-71-78)73-83-76(79)69-67-65-63-61-59-57-55-53-51-49-47-45-28-26-24-22-20-18-16-14-12-10-8-6-4-2/h75H,3-74,78H2,1-2H3,(H,81,82). The third-order valence-electron chi connectivity index (χ3n) is 18.5. The van der Waals surface area contributed by atoms with Crippen LogP contribution in [0.5, 0.6) is 0 Å². The van der Waals surface area contributed by atoms with Gasteiger partial charge in [-0.15, -0.1) is 0 Å². The maximum Gasteiger partial charge on any atom is 0.472 e. The zero-order valence-electron chi connectivity index (χ0n) is 58.8. The summed E-state index contributed by atoms with van der Waals surface area (Å²) in [4.78, 5) is 35.4. The van der Waals surface area contributed by atoms with Crippen molar-refractivity contribution >= 4 is 19.8 Å². The van der Waals surface area contributed by atoms with Crippen molar-refractivity contribution in [1.82, 2.24) is 0 Å². The number of carbonyl (C=O) groups is 2. The molecule has 0 aromatic heterocycles. The molecule has 3 N–H and O–H groups in total. The van der Waals surface area contributed by atoms with E-state index in [0.29, 0.717) is 12.8 Å². The van der Waals surface area contributed by atoms with Crippen LogP contribution in [0.25, 0.3) is 0 Å². The summed E-state index contributed by atoms with van der Waals surface area (Å²) in [6, 6.07) is 0. The minimum absolute atomic E-state index is 0.0589. The van der Waals surface area contributed by atoms with E-state index < -0.39 is 26.5 Å². The molecule has 2 atom stereocenters. The fourth-order valence-electron chi connectivity index (χ4n) is 12.6. The second-order valence-electron chi connectivity index (χ2n) is 27.3. The lowest BCUT2D eigenvalue weighted by Crippen LogP contribution is -2.29. The topological polar surface area (TPSA) is 134 Å². The Morgan fingerprint density at radius 1 is 0.299 bits per heavy atom. The summed E-state index contributed by atoms with van der Waals surface area (Å²) in [5, 5.41) is 0. The van der Waals surface area contributed by atoms with Gasteiger partial charge in [-0.05, 0) is 12.8 Å². The molecule has 0 heterocycles. The summed E-state index contributed by atoms with van der Waals surface area (Å²) in [5.74, 6) is -0.795. The average molecular weight is 1250 g/mol. The SMILES string of the molecule is CCCCCCCCCCCCCCCCCCCCCCCCCCCCCCCCCCCCCCCCCCCC(=O)OC(COC(=O)CCCCCCCCCCCCCCCCCCCCCCCCCCC)COP(=O)(O)OCCN. The van der Waals surface area contributed by atoms with Crippen LogP contribution in [0.3, 0.4) is 0 Å². The number of phosphoric acid groups is 1. The Morgan fingerprint density at radius 2 is 0.494 bits per heavy atom. The molecule has 0 amide bonds. The highest BCUT2D eigenvalue weighted by Crippen LogP contribution is 2.43. The number of hydrogen-bond donors (Lipinski definition) is 2. The fraction of sp³-hybridized carbons (Fsp3) is 0.974. The maximum atomic E-state index is 12.8. The normalized spacial score (nSPS) is 12.7. The van der Waals surface area contributed by atoms with E-state index in [1.165, 1.54) is 385 Å². The zero-order valence-corrected chi connectivity index (χ0v) is 59.7. The van der Waals surface area contributed by atoms with Crippen LogP contribution in [0, 0.1) is 0 Å². The molecule has 0 saturated carbocycles. The van der Waals surface area contributed by atoms with Crippen molar-refractivity contribution in [2.45, 2.75) is 457 Å². The van der Waals surface area contributed by atoms with E-state index in [2.05, 4.69) is 13.8 Å². The Hall–Kier alpha value is -0.990. The van der Waals surface area contributed by atoms with Gasteiger partial charge in [-0.3, -0.25) is 18.6 Å². The van der Waals surface area contributed by atoms with E-state index in [1.54, 1.807) is 0 Å². The second-order valence-corrected chi connectivity index (χ2v) is 28.8. The number of esters is 2. The summed E-state index contributed by atoms with van der Waals surface area (Å²) in [6.45, 7) is 3.85. The molecule has 0 aromatic rings. The average Bonchev–Trinajstić information content (AvgIpc) is 3.65. The van der Waals surface area contributed by atoms with Gasteiger partial charge in [0.2, 0.25) is 0 Å².